The number of aliphatic imine (C=N–C) groups is 1. The molecule has 0 aliphatic heterocycles. The summed E-state index contributed by atoms with van der Waals surface area (Å²) in [5.74, 6) is 0.506. The number of nitriles is 1. The summed E-state index contributed by atoms with van der Waals surface area (Å²) in [4.78, 5) is 4.23. The van der Waals surface area contributed by atoms with E-state index in [2.05, 4.69) is 16.4 Å². The van der Waals surface area contributed by atoms with E-state index < -0.39 is 0 Å². The van der Waals surface area contributed by atoms with Crippen LogP contribution < -0.4 is 11.1 Å². The van der Waals surface area contributed by atoms with Crippen LogP contribution in [0.3, 0.4) is 0 Å². The van der Waals surface area contributed by atoms with Gasteiger partial charge in [0.15, 0.2) is 5.96 Å². The first-order chi connectivity index (χ1) is 7.78. The van der Waals surface area contributed by atoms with E-state index in [1.807, 2.05) is 12.1 Å². The molecule has 1 saturated carbocycles. The van der Waals surface area contributed by atoms with Gasteiger partial charge < -0.3 is 11.1 Å². The fraction of sp³-hybridized carbons (Fsp3) is 0.333. The van der Waals surface area contributed by atoms with E-state index in [-0.39, 0.29) is 0 Å². The SMILES string of the molecule is N#Cc1ccc(CN=C(N)NC2CC2)cc1. The zero-order valence-electron chi connectivity index (χ0n) is 8.98. The number of guanidine groups is 1. The van der Waals surface area contributed by atoms with Gasteiger partial charge in [-0.15, -0.1) is 0 Å². The molecular formula is C12H14N4. The van der Waals surface area contributed by atoms with E-state index in [9.17, 15) is 0 Å². The Kier molecular flexibility index (Phi) is 3.06. The van der Waals surface area contributed by atoms with Gasteiger partial charge >= 0.3 is 0 Å². The molecule has 0 atom stereocenters. The molecule has 0 bridgehead atoms. The van der Waals surface area contributed by atoms with Crippen LogP contribution in [0, 0.1) is 11.3 Å². The predicted molar refractivity (Wildman–Crippen MR) is 62.6 cm³/mol. The molecule has 3 N–H and O–H groups in total. The number of rotatable bonds is 3. The Morgan fingerprint density at radius 2 is 2.12 bits per heavy atom. The first kappa shape index (κ1) is 10.5. The van der Waals surface area contributed by atoms with Gasteiger partial charge in [0.25, 0.3) is 0 Å². The summed E-state index contributed by atoms with van der Waals surface area (Å²) < 4.78 is 0. The van der Waals surface area contributed by atoms with Crippen LogP contribution in [0.2, 0.25) is 0 Å². The Hall–Kier alpha value is -2.02. The zero-order chi connectivity index (χ0) is 11.4. The third-order valence-electron chi connectivity index (χ3n) is 2.44. The summed E-state index contributed by atoms with van der Waals surface area (Å²) in [5.41, 5.74) is 7.42. The van der Waals surface area contributed by atoms with Gasteiger partial charge in [-0.05, 0) is 30.5 Å². The van der Waals surface area contributed by atoms with E-state index in [1.165, 1.54) is 12.8 Å². The smallest absolute Gasteiger partial charge is 0.189 e. The van der Waals surface area contributed by atoms with Gasteiger partial charge in [-0.2, -0.15) is 5.26 Å². The van der Waals surface area contributed by atoms with Crippen LogP contribution in [0.1, 0.15) is 24.0 Å². The molecule has 0 spiro atoms. The number of nitrogens with two attached hydrogens (primary N) is 1. The molecule has 16 heavy (non-hydrogen) atoms. The van der Waals surface area contributed by atoms with Crippen molar-refractivity contribution in [2.75, 3.05) is 0 Å². The van der Waals surface area contributed by atoms with Crippen molar-refractivity contribution in [3.63, 3.8) is 0 Å². The van der Waals surface area contributed by atoms with E-state index in [4.69, 9.17) is 11.0 Å². The Balaban J connectivity index is 1.90. The summed E-state index contributed by atoms with van der Waals surface area (Å²) in [6.07, 6.45) is 2.38. The van der Waals surface area contributed by atoms with Crippen molar-refractivity contribution in [3.8, 4) is 6.07 Å². The lowest BCUT2D eigenvalue weighted by Gasteiger charge is -2.03. The number of benzene rings is 1. The topological polar surface area (TPSA) is 74.2 Å². The molecule has 0 heterocycles. The molecule has 0 unspecified atom stereocenters. The normalized spacial score (nSPS) is 15.6. The summed E-state index contributed by atoms with van der Waals surface area (Å²) in [7, 11) is 0. The summed E-state index contributed by atoms with van der Waals surface area (Å²) >= 11 is 0. The Morgan fingerprint density at radius 1 is 1.44 bits per heavy atom. The highest BCUT2D eigenvalue weighted by Gasteiger charge is 2.21. The lowest BCUT2D eigenvalue weighted by Crippen LogP contribution is -2.33. The van der Waals surface area contributed by atoms with Crippen molar-refractivity contribution in [2.45, 2.75) is 25.4 Å². The molecule has 4 nitrogen and oxygen atoms in total. The summed E-state index contributed by atoms with van der Waals surface area (Å²) in [5, 5.41) is 11.8. The average Bonchev–Trinajstić information content (AvgIpc) is 3.11. The van der Waals surface area contributed by atoms with Crippen molar-refractivity contribution in [1.82, 2.24) is 5.32 Å². The van der Waals surface area contributed by atoms with Crippen LogP contribution in [0.5, 0.6) is 0 Å². The highest BCUT2D eigenvalue weighted by atomic mass is 15.1. The van der Waals surface area contributed by atoms with Crippen LogP contribution in [-0.2, 0) is 6.54 Å². The van der Waals surface area contributed by atoms with Gasteiger partial charge in [-0.25, -0.2) is 4.99 Å². The van der Waals surface area contributed by atoms with E-state index in [0.29, 0.717) is 24.1 Å². The van der Waals surface area contributed by atoms with Gasteiger partial charge in [0.1, 0.15) is 0 Å². The molecular weight excluding hydrogens is 200 g/mol. The first-order valence-corrected chi connectivity index (χ1v) is 5.33. The molecule has 4 heteroatoms. The number of nitrogens with one attached hydrogen (secondary N) is 1. The van der Waals surface area contributed by atoms with Gasteiger partial charge in [0, 0.05) is 6.04 Å². The largest absolute Gasteiger partial charge is 0.370 e. The monoisotopic (exact) mass is 214 g/mol. The molecule has 1 aliphatic carbocycles. The van der Waals surface area contributed by atoms with Crippen molar-refractivity contribution in [2.24, 2.45) is 10.7 Å². The quantitative estimate of drug-likeness (QED) is 0.585. The first-order valence-electron chi connectivity index (χ1n) is 5.33. The van der Waals surface area contributed by atoms with E-state index in [1.54, 1.807) is 12.1 Å². The van der Waals surface area contributed by atoms with Crippen LogP contribution >= 0.6 is 0 Å². The van der Waals surface area contributed by atoms with Crippen LogP contribution in [-0.4, -0.2) is 12.0 Å². The van der Waals surface area contributed by atoms with Crippen LogP contribution in [0.25, 0.3) is 0 Å². The van der Waals surface area contributed by atoms with E-state index in [0.717, 1.165) is 5.56 Å². The molecule has 0 amide bonds. The van der Waals surface area contributed by atoms with Gasteiger partial charge in [-0.3, -0.25) is 0 Å². The van der Waals surface area contributed by atoms with Crippen LogP contribution in [0.4, 0.5) is 0 Å². The lowest BCUT2D eigenvalue weighted by molar-refractivity contribution is 0.879. The maximum atomic E-state index is 8.65. The lowest BCUT2D eigenvalue weighted by atomic mass is 10.1. The Morgan fingerprint density at radius 3 is 2.69 bits per heavy atom. The van der Waals surface area contributed by atoms with Crippen molar-refractivity contribution >= 4 is 5.96 Å². The average molecular weight is 214 g/mol. The standard InChI is InChI=1S/C12H14N4/c13-7-9-1-3-10(4-2-9)8-15-12(14)16-11-5-6-11/h1-4,11H,5-6,8H2,(H3,14,15,16). The van der Waals surface area contributed by atoms with Gasteiger partial charge in [0.05, 0.1) is 18.2 Å². The Labute approximate surface area is 94.8 Å². The molecule has 2 rings (SSSR count). The molecule has 0 aromatic heterocycles. The van der Waals surface area contributed by atoms with Gasteiger partial charge in [-0.1, -0.05) is 12.1 Å². The van der Waals surface area contributed by atoms with Crippen molar-refractivity contribution in [3.05, 3.63) is 35.4 Å². The highest BCUT2D eigenvalue weighted by molar-refractivity contribution is 5.78. The fourth-order valence-electron chi connectivity index (χ4n) is 1.34. The second-order valence-electron chi connectivity index (χ2n) is 3.93. The minimum atomic E-state index is 0.506. The molecule has 1 aromatic rings. The molecule has 82 valence electrons. The molecule has 1 fully saturated rings. The molecule has 1 aromatic carbocycles. The second-order valence-corrected chi connectivity index (χ2v) is 3.93. The zero-order valence-corrected chi connectivity index (χ0v) is 8.98. The number of nitrogens with zero attached hydrogens (tertiary/aromatic N) is 2. The minimum absolute atomic E-state index is 0.506. The van der Waals surface area contributed by atoms with E-state index >= 15 is 0 Å². The van der Waals surface area contributed by atoms with Gasteiger partial charge in [0.2, 0.25) is 0 Å². The number of hydrogen-bond donors (Lipinski definition) is 2. The molecule has 1 aliphatic rings. The van der Waals surface area contributed by atoms with Crippen molar-refractivity contribution in [1.29, 1.82) is 5.26 Å². The predicted octanol–water partition coefficient (Wildman–Crippen LogP) is 1.12. The fourth-order valence-corrected chi connectivity index (χ4v) is 1.34. The third kappa shape index (κ3) is 2.99. The number of hydrogen-bond acceptors (Lipinski definition) is 2. The summed E-state index contributed by atoms with van der Waals surface area (Å²) in [6.45, 7) is 0.553. The minimum Gasteiger partial charge on any atom is -0.370 e. The third-order valence-corrected chi connectivity index (χ3v) is 2.44. The summed E-state index contributed by atoms with van der Waals surface area (Å²) in [6, 6.07) is 9.98. The van der Waals surface area contributed by atoms with Crippen molar-refractivity contribution < 1.29 is 0 Å². The maximum Gasteiger partial charge on any atom is 0.189 e. The molecule has 0 radical (unpaired) electrons. The maximum absolute atomic E-state index is 8.65. The second kappa shape index (κ2) is 4.67. The Bertz CT molecular complexity index is 423. The molecule has 0 saturated heterocycles. The van der Waals surface area contributed by atoms with Crippen LogP contribution in [0.15, 0.2) is 29.3 Å². The highest BCUT2D eigenvalue weighted by Crippen LogP contribution is 2.18.